The zero-order valence-corrected chi connectivity index (χ0v) is 13.5. The van der Waals surface area contributed by atoms with E-state index in [0.29, 0.717) is 0 Å². The lowest BCUT2D eigenvalue weighted by molar-refractivity contribution is 0.102. The van der Waals surface area contributed by atoms with Crippen molar-refractivity contribution >= 4 is 38.2 Å². The highest BCUT2D eigenvalue weighted by Gasteiger charge is 2.14. The van der Waals surface area contributed by atoms with Gasteiger partial charge in [-0.25, -0.2) is 4.98 Å². The molecule has 100 valence electrons. The lowest BCUT2D eigenvalue weighted by atomic mass is 10.2. The van der Waals surface area contributed by atoms with Gasteiger partial charge in [-0.3, -0.25) is 4.79 Å². The van der Waals surface area contributed by atoms with E-state index in [1.807, 2.05) is 26.1 Å². The Morgan fingerprint density at radius 3 is 2.79 bits per heavy atom. The second-order valence-electron chi connectivity index (χ2n) is 4.45. The topological polar surface area (TPSA) is 33.2 Å². The van der Waals surface area contributed by atoms with Crippen molar-refractivity contribution < 1.29 is 4.79 Å². The number of carbonyl (C=O) groups is 1. The largest absolute Gasteiger partial charge is 0.347 e. The summed E-state index contributed by atoms with van der Waals surface area (Å²) in [7, 11) is 1.99. The fourth-order valence-corrected chi connectivity index (χ4v) is 3.22. The number of anilines is 1. The molecule has 1 aromatic carbocycles. The molecule has 0 aliphatic rings. The third kappa shape index (κ3) is 3.42. The zero-order chi connectivity index (χ0) is 14.0. The number of ketones is 1. The average Bonchev–Trinajstić information content (AvgIpc) is 2.71. The molecule has 2 aromatic rings. The second-order valence-corrected chi connectivity index (χ2v) is 6.35. The maximum atomic E-state index is 11.5. The second kappa shape index (κ2) is 5.84. The summed E-state index contributed by atoms with van der Waals surface area (Å²) < 4.78 is 1.07. The van der Waals surface area contributed by atoms with Gasteiger partial charge in [0.05, 0.1) is 10.6 Å². The summed E-state index contributed by atoms with van der Waals surface area (Å²) in [6.45, 7) is 4.23. The molecule has 0 aliphatic heterocycles. The van der Waals surface area contributed by atoms with Crippen LogP contribution < -0.4 is 4.90 Å². The fraction of sp³-hybridized carbons (Fsp3) is 0.286. The van der Waals surface area contributed by atoms with Gasteiger partial charge in [0, 0.05) is 25.0 Å². The SMILES string of the molecule is CC(=O)c1sc(N(C)Cc2cccc(Br)c2)nc1C. The molecule has 3 nitrogen and oxygen atoms in total. The first-order chi connectivity index (χ1) is 8.97. The van der Waals surface area contributed by atoms with Crippen molar-refractivity contribution in [2.45, 2.75) is 20.4 Å². The minimum atomic E-state index is 0.0807. The van der Waals surface area contributed by atoms with Crippen LogP contribution in [-0.4, -0.2) is 17.8 Å². The van der Waals surface area contributed by atoms with E-state index in [2.05, 4.69) is 37.9 Å². The van der Waals surface area contributed by atoms with Gasteiger partial charge in [0.2, 0.25) is 0 Å². The molecule has 0 unspecified atom stereocenters. The Morgan fingerprint density at radius 2 is 2.21 bits per heavy atom. The molecule has 19 heavy (non-hydrogen) atoms. The molecular weight excluding hydrogens is 324 g/mol. The molecule has 1 aromatic heterocycles. The van der Waals surface area contributed by atoms with E-state index in [0.717, 1.165) is 26.7 Å². The Morgan fingerprint density at radius 1 is 1.47 bits per heavy atom. The number of benzene rings is 1. The van der Waals surface area contributed by atoms with Crippen molar-refractivity contribution in [3.63, 3.8) is 0 Å². The lowest BCUT2D eigenvalue weighted by Gasteiger charge is -2.15. The van der Waals surface area contributed by atoms with Crippen molar-refractivity contribution in [1.29, 1.82) is 0 Å². The van der Waals surface area contributed by atoms with Gasteiger partial charge in [0.25, 0.3) is 0 Å². The predicted molar refractivity (Wildman–Crippen MR) is 83.1 cm³/mol. The number of Topliss-reactive ketones (excluding diaryl/α,β-unsaturated/α-hetero) is 1. The van der Waals surface area contributed by atoms with Crippen molar-refractivity contribution in [1.82, 2.24) is 4.98 Å². The van der Waals surface area contributed by atoms with Gasteiger partial charge in [-0.2, -0.15) is 0 Å². The Balaban J connectivity index is 2.18. The molecule has 0 aliphatic carbocycles. The van der Waals surface area contributed by atoms with Crippen LogP contribution in [0.15, 0.2) is 28.7 Å². The monoisotopic (exact) mass is 338 g/mol. The first-order valence-corrected chi connectivity index (χ1v) is 7.52. The Kier molecular flexibility index (Phi) is 4.37. The highest BCUT2D eigenvalue weighted by molar-refractivity contribution is 9.10. The molecule has 0 atom stereocenters. The summed E-state index contributed by atoms with van der Waals surface area (Å²) in [5.41, 5.74) is 2.02. The van der Waals surface area contributed by atoms with E-state index in [1.54, 1.807) is 6.92 Å². The van der Waals surface area contributed by atoms with Crippen LogP contribution in [0.5, 0.6) is 0 Å². The predicted octanol–water partition coefficient (Wildman–Crippen LogP) is 4.05. The third-order valence-corrected chi connectivity index (χ3v) is 4.61. The Hall–Kier alpha value is -1.20. The molecule has 0 fully saturated rings. The number of halogens is 1. The highest BCUT2D eigenvalue weighted by atomic mass is 79.9. The number of aryl methyl sites for hydroxylation is 1. The van der Waals surface area contributed by atoms with Crippen LogP contribution >= 0.6 is 27.3 Å². The maximum absolute atomic E-state index is 11.5. The molecular formula is C14H15BrN2OS. The summed E-state index contributed by atoms with van der Waals surface area (Å²) in [5, 5.41) is 0.877. The summed E-state index contributed by atoms with van der Waals surface area (Å²) in [6, 6.07) is 8.18. The van der Waals surface area contributed by atoms with Crippen LogP contribution in [-0.2, 0) is 6.54 Å². The van der Waals surface area contributed by atoms with Crippen LogP contribution in [0.3, 0.4) is 0 Å². The van der Waals surface area contributed by atoms with Crippen molar-refractivity contribution in [2.24, 2.45) is 0 Å². The Bertz CT molecular complexity index is 609. The number of nitrogens with zero attached hydrogens (tertiary/aromatic N) is 2. The number of hydrogen-bond donors (Lipinski definition) is 0. The number of aromatic nitrogens is 1. The van der Waals surface area contributed by atoms with Gasteiger partial charge in [0.1, 0.15) is 0 Å². The first kappa shape index (κ1) is 14.2. The van der Waals surface area contributed by atoms with E-state index < -0.39 is 0 Å². The van der Waals surface area contributed by atoms with Gasteiger partial charge < -0.3 is 4.90 Å². The van der Waals surface area contributed by atoms with E-state index in [-0.39, 0.29) is 5.78 Å². The molecule has 1 heterocycles. The molecule has 0 N–H and O–H groups in total. The van der Waals surface area contributed by atoms with E-state index in [4.69, 9.17) is 0 Å². The number of thiazole rings is 1. The van der Waals surface area contributed by atoms with E-state index in [1.165, 1.54) is 16.9 Å². The number of hydrogen-bond acceptors (Lipinski definition) is 4. The fourth-order valence-electron chi connectivity index (χ4n) is 1.85. The first-order valence-electron chi connectivity index (χ1n) is 5.91. The standard InChI is InChI=1S/C14H15BrN2OS/c1-9-13(10(2)18)19-14(16-9)17(3)8-11-5-4-6-12(15)7-11/h4-7H,8H2,1-3H3. The zero-order valence-electron chi connectivity index (χ0n) is 11.1. The molecule has 5 heteroatoms. The van der Waals surface area contributed by atoms with Crippen LogP contribution in [0.1, 0.15) is 27.9 Å². The number of carbonyl (C=O) groups excluding carboxylic acids is 1. The lowest BCUT2D eigenvalue weighted by Crippen LogP contribution is -2.16. The van der Waals surface area contributed by atoms with Gasteiger partial charge in [-0.1, -0.05) is 39.4 Å². The molecule has 0 bridgehead atoms. The normalized spacial score (nSPS) is 10.5. The molecule has 0 saturated carbocycles. The molecule has 0 amide bonds. The van der Waals surface area contributed by atoms with Gasteiger partial charge in [0.15, 0.2) is 10.9 Å². The quantitative estimate of drug-likeness (QED) is 0.788. The van der Waals surface area contributed by atoms with Crippen molar-refractivity contribution in [3.05, 3.63) is 44.9 Å². The number of rotatable bonds is 4. The van der Waals surface area contributed by atoms with E-state index >= 15 is 0 Å². The summed E-state index contributed by atoms with van der Waals surface area (Å²) in [5.74, 6) is 0.0807. The van der Waals surface area contributed by atoms with Crippen LogP contribution in [0.4, 0.5) is 5.13 Å². The summed E-state index contributed by atoms with van der Waals surface area (Å²) in [4.78, 5) is 18.7. The highest BCUT2D eigenvalue weighted by Crippen LogP contribution is 2.26. The minimum absolute atomic E-state index is 0.0807. The van der Waals surface area contributed by atoms with Crippen LogP contribution in [0.25, 0.3) is 0 Å². The Labute approximate surface area is 125 Å². The molecule has 0 saturated heterocycles. The minimum Gasteiger partial charge on any atom is -0.347 e. The van der Waals surface area contributed by atoms with E-state index in [9.17, 15) is 4.79 Å². The molecule has 0 spiro atoms. The van der Waals surface area contributed by atoms with Crippen molar-refractivity contribution in [3.8, 4) is 0 Å². The van der Waals surface area contributed by atoms with Crippen LogP contribution in [0, 0.1) is 6.92 Å². The van der Waals surface area contributed by atoms with Gasteiger partial charge in [-0.05, 0) is 24.6 Å². The summed E-state index contributed by atoms with van der Waals surface area (Å²) >= 11 is 4.92. The third-order valence-electron chi connectivity index (χ3n) is 2.74. The van der Waals surface area contributed by atoms with Crippen molar-refractivity contribution in [2.75, 3.05) is 11.9 Å². The van der Waals surface area contributed by atoms with Gasteiger partial charge >= 0.3 is 0 Å². The average molecular weight is 339 g/mol. The van der Waals surface area contributed by atoms with Gasteiger partial charge in [-0.15, -0.1) is 0 Å². The molecule has 2 rings (SSSR count). The molecule has 0 radical (unpaired) electrons. The maximum Gasteiger partial charge on any atom is 0.186 e. The summed E-state index contributed by atoms with van der Waals surface area (Å²) in [6.07, 6.45) is 0. The smallest absolute Gasteiger partial charge is 0.186 e. The van der Waals surface area contributed by atoms with Crippen LogP contribution in [0.2, 0.25) is 0 Å².